The lowest BCUT2D eigenvalue weighted by molar-refractivity contribution is -0.131. The highest BCUT2D eigenvalue weighted by atomic mass is 32.1. The highest BCUT2D eigenvalue weighted by molar-refractivity contribution is 7.09. The first-order valence-corrected chi connectivity index (χ1v) is 9.04. The van der Waals surface area contributed by atoms with Gasteiger partial charge in [-0.05, 0) is 31.5 Å². The average molecular weight is 329 g/mol. The zero-order chi connectivity index (χ0) is 16.1. The summed E-state index contributed by atoms with van der Waals surface area (Å²) in [5, 5.41) is 6.43. The van der Waals surface area contributed by atoms with Gasteiger partial charge >= 0.3 is 0 Å². The first-order chi connectivity index (χ1) is 11.2. The Morgan fingerprint density at radius 2 is 2.04 bits per heavy atom. The van der Waals surface area contributed by atoms with Gasteiger partial charge in [0.1, 0.15) is 0 Å². The second-order valence-corrected chi connectivity index (χ2v) is 7.00. The third-order valence-corrected chi connectivity index (χ3v) is 5.28. The van der Waals surface area contributed by atoms with Crippen molar-refractivity contribution in [2.75, 3.05) is 20.1 Å². The van der Waals surface area contributed by atoms with Crippen LogP contribution < -0.4 is 5.32 Å². The van der Waals surface area contributed by atoms with E-state index < -0.39 is 0 Å². The molecule has 1 aliphatic rings. The van der Waals surface area contributed by atoms with Crippen LogP contribution in [-0.2, 0) is 17.6 Å². The molecule has 3 rings (SSSR count). The molecule has 2 heterocycles. The van der Waals surface area contributed by atoms with E-state index in [9.17, 15) is 4.79 Å². The minimum absolute atomic E-state index is 0.175. The van der Waals surface area contributed by atoms with Gasteiger partial charge in [-0.1, -0.05) is 30.3 Å². The summed E-state index contributed by atoms with van der Waals surface area (Å²) in [7, 11) is 1.93. The third kappa shape index (κ3) is 4.39. The lowest BCUT2D eigenvalue weighted by Gasteiger charge is -2.31. The van der Waals surface area contributed by atoms with Gasteiger partial charge < -0.3 is 10.2 Å². The van der Waals surface area contributed by atoms with Gasteiger partial charge in [0.15, 0.2) is 0 Å². The van der Waals surface area contributed by atoms with E-state index in [1.165, 1.54) is 5.56 Å². The van der Waals surface area contributed by atoms with Crippen molar-refractivity contribution in [3.05, 3.63) is 52.0 Å². The molecule has 23 heavy (non-hydrogen) atoms. The van der Waals surface area contributed by atoms with E-state index in [4.69, 9.17) is 0 Å². The van der Waals surface area contributed by atoms with Gasteiger partial charge in [0, 0.05) is 24.9 Å². The molecule has 1 amide bonds. The summed E-state index contributed by atoms with van der Waals surface area (Å²) in [6.45, 7) is 2.00. The second-order valence-electron chi connectivity index (χ2n) is 6.06. The van der Waals surface area contributed by atoms with Gasteiger partial charge in [-0.25, -0.2) is 4.98 Å². The summed E-state index contributed by atoms with van der Waals surface area (Å²) >= 11 is 1.64. The first-order valence-electron chi connectivity index (χ1n) is 8.16. The van der Waals surface area contributed by atoms with E-state index in [-0.39, 0.29) is 5.91 Å². The summed E-state index contributed by atoms with van der Waals surface area (Å²) in [5.74, 6) is 0.175. The van der Waals surface area contributed by atoms with Crippen molar-refractivity contribution in [3.63, 3.8) is 0 Å². The maximum absolute atomic E-state index is 12.4. The molecule has 0 unspecified atom stereocenters. The van der Waals surface area contributed by atoms with Crippen LogP contribution in [0.1, 0.15) is 29.1 Å². The third-order valence-electron chi connectivity index (χ3n) is 4.38. The molecule has 1 aromatic carbocycles. The number of aromatic nitrogens is 1. The Balaban J connectivity index is 1.56. The van der Waals surface area contributed by atoms with Crippen molar-refractivity contribution < 1.29 is 4.79 Å². The molecule has 0 aliphatic carbocycles. The van der Waals surface area contributed by atoms with Gasteiger partial charge in [-0.2, -0.15) is 0 Å². The normalized spacial score (nSPS) is 15.5. The number of rotatable bonds is 5. The largest absolute Gasteiger partial charge is 0.342 e. The summed E-state index contributed by atoms with van der Waals surface area (Å²) < 4.78 is 0. The molecule has 0 radical (unpaired) electrons. The molecule has 1 aliphatic heterocycles. The molecule has 122 valence electrons. The molecule has 4 nitrogen and oxygen atoms in total. The smallest absolute Gasteiger partial charge is 0.228 e. The molecule has 0 atom stereocenters. The molecule has 5 heteroatoms. The Labute approximate surface area is 141 Å². The molecular formula is C18H23N3OS. The molecule has 0 saturated carbocycles. The fourth-order valence-corrected chi connectivity index (χ4v) is 3.79. The lowest BCUT2D eigenvalue weighted by atomic mass is 10.0. The highest BCUT2D eigenvalue weighted by Gasteiger charge is 2.22. The maximum atomic E-state index is 12.4. The lowest BCUT2D eigenvalue weighted by Crippen LogP contribution is -2.44. The van der Waals surface area contributed by atoms with Gasteiger partial charge in [-0.15, -0.1) is 11.3 Å². The fourth-order valence-electron chi connectivity index (χ4n) is 2.96. The molecule has 1 aromatic heterocycles. The molecule has 0 bridgehead atoms. The fraction of sp³-hybridized carbons (Fsp3) is 0.444. The number of hydrogen-bond acceptors (Lipinski definition) is 4. The minimum Gasteiger partial charge on any atom is -0.342 e. The van der Waals surface area contributed by atoms with E-state index in [1.807, 2.05) is 35.5 Å². The van der Waals surface area contributed by atoms with Crippen molar-refractivity contribution in [2.45, 2.75) is 31.7 Å². The van der Waals surface area contributed by atoms with Crippen LogP contribution >= 0.6 is 11.3 Å². The second kappa shape index (κ2) is 7.70. The number of benzene rings is 1. The highest BCUT2D eigenvalue weighted by Crippen LogP contribution is 2.17. The van der Waals surface area contributed by atoms with Crippen LogP contribution in [0.3, 0.4) is 0 Å². The summed E-state index contributed by atoms with van der Waals surface area (Å²) in [5.41, 5.74) is 2.15. The Kier molecular flexibility index (Phi) is 5.41. The van der Waals surface area contributed by atoms with Gasteiger partial charge in [0.2, 0.25) is 5.91 Å². The zero-order valence-corrected chi connectivity index (χ0v) is 14.3. The SMILES string of the molecule is CN(C(=O)Cc1csc(Cc2ccccc2)n1)C1CCNCC1. The van der Waals surface area contributed by atoms with Crippen LogP contribution in [0.5, 0.6) is 0 Å². The summed E-state index contributed by atoms with van der Waals surface area (Å²) in [4.78, 5) is 19.0. The van der Waals surface area contributed by atoms with E-state index in [1.54, 1.807) is 11.3 Å². The Morgan fingerprint density at radius 1 is 1.30 bits per heavy atom. The standard InChI is InChI=1S/C18H23N3OS/c1-21(16-7-9-19-10-8-16)18(22)12-15-13-23-17(20-15)11-14-5-3-2-4-6-14/h2-6,13,16,19H,7-12H2,1H3. The van der Waals surface area contributed by atoms with Crippen molar-refractivity contribution in [1.82, 2.24) is 15.2 Å². The molecule has 2 aromatic rings. The van der Waals surface area contributed by atoms with Gasteiger partial charge in [0.25, 0.3) is 0 Å². The summed E-state index contributed by atoms with van der Waals surface area (Å²) in [6.07, 6.45) is 3.33. The summed E-state index contributed by atoms with van der Waals surface area (Å²) in [6, 6.07) is 10.7. The van der Waals surface area contributed by atoms with Crippen molar-refractivity contribution in [1.29, 1.82) is 0 Å². The topological polar surface area (TPSA) is 45.2 Å². The Hall–Kier alpha value is -1.72. The number of piperidine rings is 1. The number of carbonyl (C=O) groups is 1. The first kappa shape index (κ1) is 16.1. The average Bonchev–Trinajstić information content (AvgIpc) is 3.02. The van der Waals surface area contributed by atoms with Crippen LogP contribution in [0.2, 0.25) is 0 Å². The minimum atomic E-state index is 0.175. The zero-order valence-electron chi connectivity index (χ0n) is 13.5. The number of likely N-dealkylation sites (N-methyl/N-ethyl adjacent to an activating group) is 1. The van der Waals surface area contributed by atoms with Crippen LogP contribution in [0, 0.1) is 0 Å². The van der Waals surface area contributed by atoms with E-state index >= 15 is 0 Å². The predicted molar refractivity (Wildman–Crippen MR) is 93.7 cm³/mol. The van der Waals surface area contributed by atoms with Crippen molar-refractivity contribution >= 4 is 17.2 Å². The van der Waals surface area contributed by atoms with E-state index in [0.717, 1.165) is 43.1 Å². The number of amides is 1. The molecule has 0 spiro atoms. The van der Waals surface area contributed by atoms with Crippen molar-refractivity contribution in [2.24, 2.45) is 0 Å². The Morgan fingerprint density at radius 3 is 2.78 bits per heavy atom. The predicted octanol–water partition coefficient (Wildman–Crippen LogP) is 2.49. The van der Waals surface area contributed by atoms with Crippen LogP contribution in [0.15, 0.2) is 35.7 Å². The monoisotopic (exact) mass is 329 g/mol. The number of nitrogens with one attached hydrogen (secondary N) is 1. The number of thiazole rings is 1. The molecule has 1 N–H and O–H groups in total. The maximum Gasteiger partial charge on any atom is 0.228 e. The van der Waals surface area contributed by atoms with Gasteiger partial charge in [-0.3, -0.25) is 4.79 Å². The van der Waals surface area contributed by atoms with Crippen LogP contribution in [0.25, 0.3) is 0 Å². The van der Waals surface area contributed by atoms with E-state index in [2.05, 4.69) is 22.4 Å². The Bertz CT molecular complexity index is 635. The van der Waals surface area contributed by atoms with Gasteiger partial charge in [0.05, 0.1) is 17.1 Å². The molecule has 1 fully saturated rings. The van der Waals surface area contributed by atoms with E-state index in [0.29, 0.717) is 12.5 Å². The number of carbonyl (C=O) groups excluding carboxylic acids is 1. The van der Waals surface area contributed by atoms with Crippen LogP contribution in [0.4, 0.5) is 0 Å². The quantitative estimate of drug-likeness (QED) is 0.917. The number of nitrogens with zero attached hydrogens (tertiary/aromatic N) is 2. The van der Waals surface area contributed by atoms with Crippen LogP contribution in [-0.4, -0.2) is 42.0 Å². The molecule has 1 saturated heterocycles. The number of hydrogen-bond donors (Lipinski definition) is 1. The molecular weight excluding hydrogens is 306 g/mol. The van der Waals surface area contributed by atoms with Crippen molar-refractivity contribution in [3.8, 4) is 0 Å².